The fourth-order valence-electron chi connectivity index (χ4n) is 1.69. The maximum atomic E-state index is 5.31. The van der Waals surface area contributed by atoms with Gasteiger partial charge >= 0.3 is 0 Å². The molecule has 5 heteroatoms. The lowest BCUT2D eigenvalue weighted by molar-refractivity contribution is 0.128. The lowest BCUT2D eigenvalue weighted by atomic mass is 10.1. The first kappa shape index (κ1) is 10.7. The van der Waals surface area contributed by atoms with Crippen LogP contribution in [-0.2, 0) is 24.3 Å². The van der Waals surface area contributed by atoms with Crippen LogP contribution in [0.25, 0.3) is 0 Å². The standard InChI is InChI=1S/C10H15N3OS/c1-2-14-6-9-12-8-3-4-11-5-7(8)10(15)13-9/h11H,2-6H2,1H3,(H,12,13,15). The molecule has 2 N–H and O–H groups in total. The largest absolute Gasteiger partial charge is 0.374 e. The summed E-state index contributed by atoms with van der Waals surface area (Å²) in [6, 6.07) is 0. The van der Waals surface area contributed by atoms with Gasteiger partial charge in [-0.25, -0.2) is 4.98 Å². The first-order valence-corrected chi connectivity index (χ1v) is 5.61. The van der Waals surface area contributed by atoms with E-state index in [9.17, 15) is 0 Å². The summed E-state index contributed by atoms with van der Waals surface area (Å²) in [5, 5.41) is 3.29. The molecule has 0 amide bonds. The van der Waals surface area contributed by atoms with Crippen LogP contribution in [0.3, 0.4) is 0 Å². The average molecular weight is 225 g/mol. The Hall–Kier alpha value is -0.780. The van der Waals surface area contributed by atoms with Gasteiger partial charge < -0.3 is 15.0 Å². The summed E-state index contributed by atoms with van der Waals surface area (Å²) < 4.78 is 6.01. The Morgan fingerprint density at radius 2 is 2.40 bits per heavy atom. The van der Waals surface area contributed by atoms with Gasteiger partial charge in [-0.3, -0.25) is 0 Å². The van der Waals surface area contributed by atoms with Crippen molar-refractivity contribution in [1.29, 1.82) is 0 Å². The second-order valence-corrected chi connectivity index (χ2v) is 3.90. The Morgan fingerprint density at radius 1 is 1.53 bits per heavy atom. The molecule has 2 rings (SSSR count). The van der Waals surface area contributed by atoms with E-state index < -0.39 is 0 Å². The van der Waals surface area contributed by atoms with Crippen molar-refractivity contribution in [1.82, 2.24) is 15.3 Å². The van der Waals surface area contributed by atoms with Crippen LogP contribution >= 0.6 is 12.2 Å². The topological polar surface area (TPSA) is 49.9 Å². The third kappa shape index (κ3) is 2.42. The molecule has 0 aliphatic carbocycles. The molecule has 0 spiro atoms. The molecule has 0 aromatic carbocycles. The van der Waals surface area contributed by atoms with Crippen LogP contribution in [0.2, 0.25) is 0 Å². The van der Waals surface area contributed by atoms with Crippen molar-refractivity contribution in [3.05, 3.63) is 21.7 Å². The number of hydrogen-bond donors (Lipinski definition) is 2. The summed E-state index contributed by atoms with van der Waals surface area (Å²) in [7, 11) is 0. The Balaban J connectivity index is 2.28. The summed E-state index contributed by atoms with van der Waals surface area (Å²) in [5.41, 5.74) is 2.35. The SMILES string of the molecule is CCOCc1nc(=S)c2c([nH]1)CCNC2. The number of aromatic amines is 1. The van der Waals surface area contributed by atoms with Crippen LogP contribution in [0.4, 0.5) is 0 Å². The number of ether oxygens (including phenoxy) is 1. The minimum Gasteiger partial charge on any atom is -0.374 e. The third-order valence-electron chi connectivity index (χ3n) is 2.45. The van der Waals surface area contributed by atoms with Gasteiger partial charge in [-0.1, -0.05) is 12.2 Å². The number of hydrogen-bond acceptors (Lipinski definition) is 4. The second-order valence-electron chi connectivity index (χ2n) is 3.51. The molecule has 0 radical (unpaired) electrons. The van der Waals surface area contributed by atoms with Crippen molar-refractivity contribution in [2.45, 2.75) is 26.5 Å². The van der Waals surface area contributed by atoms with E-state index in [1.165, 1.54) is 5.69 Å². The van der Waals surface area contributed by atoms with Crippen LogP contribution in [0.5, 0.6) is 0 Å². The summed E-state index contributed by atoms with van der Waals surface area (Å²) in [4.78, 5) is 7.62. The van der Waals surface area contributed by atoms with E-state index in [2.05, 4.69) is 15.3 Å². The van der Waals surface area contributed by atoms with Crippen molar-refractivity contribution in [3.63, 3.8) is 0 Å². The van der Waals surface area contributed by atoms with Gasteiger partial charge in [0.25, 0.3) is 0 Å². The molecule has 0 saturated carbocycles. The zero-order valence-electron chi connectivity index (χ0n) is 8.80. The molecule has 0 bridgehead atoms. The number of aromatic nitrogens is 2. The predicted octanol–water partition coefficient (Wildman–Crippen LogP) is 1.32. The van der Waals surface area contributed by atoms with E-state index in [-0.39, 0.29) is 0 Å². The van der Waals surface area contributed by atoms with Crippen LogP contribution in [0.15, 0.2) is 0 Å². The van der Waals surface area contributed by atoms with E-state index in [4.69, 9.17) is 17.0 Å². The van der Waals surface area contributed by atoms with Crippen molar-refractivity contribution in [3.8, 4) is 0 Å². The highest BCUT2D eigenvalue weighted by Crippen LogP contribution is 2.12. The lowest BCUT2D eigenvalue weighted by Gasteiger charge is -2.17. The monoisotopic (exact) mass is 225 g/mol. The van der Waals surface area contributed by atoms with Gasteiger partial charge in [0.1, 0.15) is 17.1 Å². The number of H-pyrrole nitrogens is 1. The smallest absolute Gasteiger partial charge is 0.134 e. The molecule has 1 aromatic heterocycles. The molecular weight excluding hydrogens is 210 g/mol. The molecule has 0 fully saturated rings. The number of nitrogens with one attached hydrogen (secondary N) is 2. The summed E-state index contributed by atoms with van der Waals surface area (Å²) in [5.74, 6) is 0.836. The molecule has 0 atom stereocenters. The van der Waals surface area contributed by atoms with Crippen molar-refractivity contribution in [2.24, 2.45) is 0 Å². The van der Waals surface area contributed by atoms with E-state index in [1.54, 1.807) is 0 Å². The molecule has 0 saturated heterocycles. The maximum absolute atomic E-state index is 5.31. The highest BCUT2D eigenvalue weighted by atomic mass is 32.1. The van der Waals surface area contributed by atoms with Gasteiger partial charge in [0.2, 0.25) is 0 Å². The van der Waals surface area contributed by atoms with E-state index in [0.717, 1.165) is 30.9 Å². The first-order chi connectivity index (χ1) is 7.31. The van der Waals surface area contributed by atoms with Crippen LogP contribution in [0, 0.1) is 4.64 Å². The highest BCUT2D eigenvalue weighted by molar-refractivity contribution is 7.71. The summed E-state index contributed by atoms with van der Waals surface area (Å²) in [6.07, 6.45) is 0.987. The van der Waals surface area contributed by atoms with Crippen LogP contribution < -0.4 is 5.32 Å². The number of rotatable bonds is 3. The zero-order chi connectivity index (χ0) is 10.7. The van der Waals surface area contributed by atoms with E-state index in [1.807, 2.05) is 6.92 Å². The second kappa shape index (κ2) is 4.83. The number of nitrogens with zero attached hydrogens (tertiary/aromatic N) is 1. The molecule has 1 aromatic rings. The van der Waals surface area contributed by atoms with Gasteiger partial charge in [-0.05, 0) is 6.92 Å². The van der Waals surface area contributed by atoms with E-state index in [0.29, 0.717) is 17.9 Å². The van der Waals surface area contributed by atoms with Gasteiger partial charge in [-0.2, -0.15) is 0 Å². The zero-order valence-corrected chi connectivity index (χ0v) is 9.62. The molecule has 82 valence electrons. The van der Waals surface area contributed by atoms with Gasteiger partial charge in [0.05, 0.1) is 0 Å². The van der Waals surface area contributed by atoms with Crippen LogP contribution in [0.1, 0.15) is 24.0 Å². The molecule has 15 heavy (non-hydrogen) atoms. The normalized spacial score (nSPS) is 15.0. The van der Waals surface area contributed by atoms with E-state index >= 15 is 0 Å². The molecule has 1 aliphatic heterocycles. The minimum absolute atomic E-state index is 0.515. The fourth-order valence-corrected chi connectivity index (χ4v) is 1.99. The van der Waals surface area contributed by atoms with Gasteiger partial charge in [-0.15, -0.1) is 0 Å². The Morgan fingerprint density at radius 3 is 3.20 bits per heavy atom. The quantitative estimate of drug-likeness (QED) is 0.762. The molecule has 1 aliphatic rings. The molecule has 4 nitrogen and oxygen atoms in total. The molecule has 2 heterocycles. The van der Waals surface area contributed by atoms with Gasteiger partial charge in [0, 0.05) is 37.4 Å². The van der Waals surface area contributed by atoms with Crippen LogP contribution in [-0.4, -0.2) is 23.1 Å². The Bertz CT molecular complexity index is 402. The van der Waals surface area contributed by atoms with Crippen molar-refractivity contribution >= 4 is 12.2 Å². The maximum Gasteiger partial charge on any atom is 0.134 e. The van der Waals surface area contributed by atoms with Crippen molar-refractivity contribution < 1.29 is 4.74 Å². The highest BCUT2D eigenvalue weighted by Gasteiger charge is 2.12. The van der Waals surface area contributed by atoms with Crippen molar-refractivity contribution in [2.75, 3.05) is 13.2 Å². The Kier molecular flexibility index (Phi) is 3.45. The summed E-state index contributed by atoms with van der Waals surface area (Å²) >= 11 is 5.25. The Labute approximate surface area is 94.1 Å². The fraction of sp³-hybridized carbons (Fsp3) is 0.600. The lowest BCUT2D eigenvalue weighted by Crippen LogP contribution is -2.26. The average Bonchev–Trinajstić information content (AvgIpc) is 2.26. The molecular formula is C10H15N3OS. The number of fused-ring (bicyclic) bond motifs is 1. The van der Waals surface area contributed by atoms with Gasteiger partial charge in [0.15, 0.2) is 0 Å². The summed E-state index contributed by atoms with van der Waals surface area (Å²) in [6.45, 7) is 5.00. The third-order valence-corrected chi connectivity index (χ3v) is 2.79. The predicted molar refractivity (Wildman–Crippen MR) is 60.2 cm³/mol. The molecule has 0 unspecified atom stereocenters. The first-order valence-electron chi connectivity index (χ1n) is 5.20. The minimum atomic E-state index is 0.515.